The van der Waals surface area contributed by atoms with Crippen LogP contribution in [-0.2, 0) is 9.53 Å². The smallest absolute Gasteiger partial charge is 0.321 e. The Hall–Kier alpha value is -1.18. The standard InChI is InChI=1S/C9H19N3O4/c1-10-9(15)11-8(14)5-12(2)4-7(13)6-16-3/h7,13H,4-6H2,1-3H3,(H2,10,11,14,15). The fourth-order valence-corrected chi connectivity index (χ4v) is 1.14. The maximum atomic E-state index is 11.2. The van der Waals surface area contributed by atoms with Crippen LogP contribution in [-0.4, -0.2) is 69.0 Å². The molecule has 3 N–H and O–H groups in total. The molecule has 0 heterocycles. The first kappa shape index (κ1) is 14.8. The number of rotatable bonds is 6. The van der Waals surface area contributed by atoms with Crippen LogP contribution in [0.15, 0.2) is 0 Å². The first-order valence-corrected chi connectivity index (χ1v) is 4.86. The van der Waals surface area contributed by atoms with Gasteiger partial charge in [-0.25, -0.2) is 4.79 Å². The minimum Gasteiger partial charge on any atom is -0.389 e. The zero-order chi connectivity index (χ0) is 12.6. The Morgan fingerprint density at radius 2 is 2.12 bits per heavy atom. The molecule has 0 radical (unpaired) electrons. The quantitative estimate of drug-likeness (QED) is 0.513. The van der Waals surface area contributed by atoms with Gasteiger partial charge in [-0.1, -0.05) is 0 Å². The lowest BCUT2D eigenvalue weighted by atomic mass is 10.3. The molecule has 0 rings (SSSR count). The van der Waals surface area contributed by atoms with Gasteiger partial charge >= 0.3 is 6.03 Å². The highest BCUT2D eigenvalue weighted by Gasteiger charge is 2.12. The highest BCUT2D eigenvalue weighted by atomic mass is 16.5. The Balaban J connectivity index is 3.81. The summed E-state index contributed by atoms with van der Waals surface area (Å²) in [7, 11) is 4.58. The average Bonchev–Trinajstić information content (AvgIpc) is 2.16. The summed E-state index contributed by atoms with van der Waals surface area (Å²) in [6.07, 6.45) is -0.650. The Kier molecular flexibility index (Phi) is 7.44. The third-order valence-corrected chi connectivity index (χ3v) is 1.78. The van der Waals surface area contributed by atoms with E-state index in [1.165, 1.54) is 14.2 Å². The van der Waals surface area contributed by atoms with Crippen LogP contribution in [0, 0.1) is 0 Å². The number of ether oxygens (including phenoxy) is 1. The molecule has 1 unspecified atom stereocenters. The fourth-order valence-electron chi connectivity index (χ4n) is 1.14. The number of amides is 3. The predicted molar refractivity (Wildman–Crippen MR) is 58.0 cm³/mol. The highest BCUT2D eigenvalue weighted by Crippen LogP contribution is 1.89. The third kappa shape index (κ3) is 7.16. The van der Waals surface area contributed by atoms with Crippen molar-refractivity contribution in [2.75, 3.05) is 40.9 Å². The van der Waals surface area contributed by atoms with Gasteiger partial charge in [-0.3, -0.25) is 15.0 Å². The summed E-state index contributed by atoms with van der Waals surface area (Å²) in [5.41, 5.74) is 0. The van der Waals surface area contributed by atoms with E-state index in [-0.39, 0.29) is 13.2 Å². The number of likely N-dealkylation sites (N-methyl/N-ethyl adjacent to an activating group) is 1. The molecule has 0 fully saturated rings. The molecule has 16 heavy (non-hydrogen) atoms. The number of carbonyl (C=O) groups excluding carboxylic acids is 2. The van der Waals surface area contributed by atoms with Crippen LogP contribution in [0.3, 0.4) is 0 Å². The lowest BCUT2D eigenvalue weighted by Gasteiger charge is -2.19. The second-order valence-corrected chi connectivity index (χ2v) is 3.43. The summed E-state index contributed by atoms with van der Waals surface area (Å²) in [6, 6.07) is -0.546. The van der Waals surface area contributed by atoms with E-state index < -0.39 is 18.0 Å². The van der Waals surface area contributed by atoms with Gasteiger partial charge in [0.15, 0.2) is 0 Å². The van der Waals surface area contributed by atoms with Crippen LogP contribution in [0.1, 0.15) is 0 Å². The lowest BCUT2D eigenvalue weighted by molar-refractivity contribution is -0.121. The molecule has 0 aliphatic carbocycles. The van der Waals surface area contributed by atoms with Gasteiger partial charge in [0.25, 0.3) is 0 Å². The first-order valence-electron chi connectivity index (χ1n) is 4.86. The monoisotopic (exact) mass is 233 g/mol. The third-order valence-electron chi connectivity index (χ3n) is 1.78. The van der Waals surface area contributed by atoms with Gasteiger partial charge in [0, 0.05) is 20.7 Å². The van der Waals surface area contributed by atoms with Gasteiger partial charge < -0.3 is 15.2 Å². The summed E-state index contributed by atoms with van der Waals surface area (Å²) < 4.78 is 4.75. The molecule has 7 heteroatoms. The van der Waals surface area contributed by atoms with Crippen LogP contribution in [0.2, 0.25) is 0 Å². The number of methoxy groups -OCH3 is 1. The van der Waals surface area contributed by atoms with Crippen molar-refractivity contribution in [1.29, 1.82) is 0 Å². The molecule has 0 aromatic heterocycles. The fraction of sp³-hybridized carbons (Fsp3) is 0.778. The molecular weight excluding hydrogens is 214 g/mol. The maximum absolute atomic E-state index is 11.2. The van der Waals surface area contributed by atoms with E-state index in [1.54, 1.807) is 11.9 Å². The van der Waals surface area contributed by atoms with E-state index in [0.29, 0.717) is 6.54 Å². The molecule has 0 aliphatic rings. The SMILES string of the molecule is CNC(=O)NC(=O)CN(C)CC(O)COC. The molecular formula is C9H19N3O4. The number of imide groups is 1. The van der Waals surface area contributed by atoms with Crippen LogP contribution in [0.5, 0.6) is 0 Å². The molecule has 94 valence electrons. The van der Waals surface area contributed by atoms with Crippen LogP contribution in [0.4, 0.5) is 4.79 Å². The summed E-state index contributed by atoms with van der Waals surface area (Å²) in [5, 5.41) is 13.8. The molecule has 0 spiro atoms. The van der Waals surface area contributed by atoms with Gasteiger partial charge in [-0.15, -0.1) is 0 Å². The minimum absolute atomic E-state index is 0.0359. The Bertz CT molecular complexity index is 235. The molecule has 7 nitrogen and oxygen atoms in total. The van der Waals surface area contributed by atoms with E-state index in [0.717, 1.165) is 0 Å². The summed E-state index contributed by atoms with van der Waals surface area (Å²) in [6.45, 7) is 0.546. The number of aliphatic hydroxyl groups is 1. The molecule has 0 aromatic carbocycles. The number of aliphatic hydroxyl groups excluding tert-OH is 1. The Morgan fingerprint density at radius 3 is 2.62 bits per heavy atom. The van der Waals surface area contributed by atoms with Gasteiger partial charge in [-0.2, -0.15) is 0 Å². The van der Waals surface area contributed by atoms with Crippen LogP contribution >= 0.6 is 0 Å². The van der Waals surface area contributed by atoms with Crippen molar-refractivity contribution in [3.05, 3.63) is 0 Å². The van der Waals surface area contributed by atoms with Crippen molar-refractivity contribution in [3.63, 3.8) is 0 Å². The van der Waals surface area contributed by atoms with Gasteiger partial charge in [0.05, 0.1) is 19.3 Å². The zero-order valence-electron chi connectivity index (χ0n) is 9.82. The van der Waals surface area contributed by atoms with Gasteiger partial charge in [0.2, 0.25) is 5.91 Å². The van der Waals surface area contributed by atoms with E-state index in [4.69, 9.17) is 4.74 Å². The molecule has 0 aliphatic heterocycles. The number of urea groups is 1. The Labute approximate surface area is 94.7 Å². The second-order valence-electron chi connectivity index (χ2n) is 3.43. The lowest BCUT2D eigenvalue weighted by Crippen LogP contribution is -2.44. The number of nitrogens with zero attached hydrogens (tertiary/aromatic N) is 1. The molecule has 0 aromatic rings. The van der Waals surface area contributed by atoms with E-state index in [2.05, 4.69) is 10.6 Å². The van der Waals surface area contributed by atoms with E-state index in [1.807, 2.05) is 0 Å². The summed E-state index contributed by atoms with van der Waals surface area (Å²) in [4.78, 5) is 23.6. The van der Waals surface area contributed by atoms with Gasteiger partial charge in [-0.05, 0) is 7.05 Å². The maximum Gasteiger partial charge on any atom is 0.321 e. The number of hydrogen-bond donors (Lipinski definition) is 3. The normalized spacial score (nSPS) is 12.3. The summed E-state index contributed by atoms with van der Waals surface area (Å²) >= 11 is 0. The number of nitrogens with one attached hydrogen (secondary N) is 2. The molecule has 0 saturated heterocycles. The zero-order valence-corrected chi connectivity index (χ0v) is 9.82. The summed E-state index contributed by atoms with van der Waals surface area (Å²) in [5.74, 6) is -0.425. The van der Waals surface area contributed by atoms with E-state index in [9.17, 15) is 14.7 Å². The highest BCUT2D eigenvalue weighted by molar-refractivity contribution is 5.95. The molecule has 3 amide bonds. The van der Waals surface area contributed by atoms with Crippen LogP contribution < -0.4 is 10.6 Å². The van der Waals surface area contributed by atoms with Gasteiger partial charge in [0.1, 0.15) is 0 Å². The molecule has 0 saturated carbocycles. The molecule has 1 atom stereocenters. The van der Waals surface area contributed by atoms with Crippen molar-refractivity contribution in [1.82, 2.24) is 15.5 Å². The Morgan fingerprint density at radius 1 is 1.50 bits per heavy atom. The average molecular weight is 233 g/mol. The van der Waals surface area contributed by atoms with Crippen molar-refractivity contribution in [2.24, 2.45) is 0 Å². The number of carbonyl (C=O) groups is 2. The first-order chi connectivity index (χ1) is 7.49. The van der Waals surface area contributed by atoms with Crippen LogP contribution in [0.25, 0.3) is 0 Å². The van der Waals surface area contributed by atoms with Crippen molar-refractivity contribution in [3.8, 4) is 0 Å². The van der Waals surface area contributed by atoms with Crippen molar-refractivity contribution in [2.45, 2.75) is 6.10 Å². The van der Waals surface area contributed by atoms with E-state index >= 15 is 0 Å². The van der Waals surface area contributed by atoms with Crippen molar-refractivity contribution < 1.29 is 19.4 Å². The topological polar surface area (TPSA) is 90.9 Å². The van der Waals surface area contributed by atoms with Crippen molar-refractivity contribution >= 4 is 11.9 Å². The molecule has 0 bridgehead atoms. The predicted octanol–water partition coefficient (Wildman–Crippen LogP) is -1.62. The minimum atomic E-state index is -0.650. The number of hydrogen-bond acceptors (Lipinski definition) is 5. The largest absolute Gasteiger partial charge is 0.389 e. The second kappa shape index (κ2) is 8.03.